The number of imidazole rings is 1. The lowest BCUT2D eigenvalue weighted by Gasteiger charge is -2.02. The zero-order valence-corrected chi connectivity index (χ0v) is 11.9. The molecule has 3 N–H and O–H groups in total. The second-order valence-corrected chi connectivity index (χ2v) is 4.81. The number of aromatic hydroxyl groups is 1. The standard InChI is InChI=1S/C11H10BrN5O3/c1-6-5-16(11(13)15-6)14-4-7-2-8(17(19)20)3-9(12)10(7)18/h2-5,18H,1H3,(H2,13,15). The number of hydrogen-bond donors (Lipinski definition) is 2. The maximum atomic E-state index is 10.8. The molecule has 0 saturated heterocycles. The topological polar surface area (TPSA) is 120 Å². The van der Waals surface area contributed by atoms with E-state index in [0.717, 1.165) is 0 Å². The van der Waals surface area contributed by atoms with Crippen LogP contribution in [0.15, 0.2) is 27.9 Å². The number of benzene rings is 1. The molecule has 1 aromatic heterocycles. The fourth-order valence-electron chi connectivity index (χ4n) is 1.53. The number of nitrogens with zero attached hydrogens (tertiary/aromatic N) is 4. The highest BCUT2D eigenvalue weighted by molar-refractivity contribution is 9.10. The Morgan fingerprint density at radius 3 is 2.85 bits per heavy atom. The molecule has 0 radical (unpaired) electrons. The van der Waals surface area contributed by atoms with E-state index in [1.807, 2.05) is 0 Å². The quantitative estimate of drug-likeness (QED) is 0.503. The summed E-state index contributed by atoms with van der Waals surface area (Å²) in [4.78, 5) is 14.2. The van der Waals surface area contributed by atoms with Crippen molar-refractivity contribution < 1.29 is 10.0 Å². The Morgan fingerprint density at radius 1 is 1.60 bits per heavy atom. The van der Waals surface area contributed by atoms with Crippen molar-refractivity contribution in [2.45, 2.75) is 6.92 Å². The van der Waals surface area contributed by atoms with Gasteiger partial charge in [0.1, 0.15) is 5.75 Å². The minimum Gasteiger partial charge on any atom is -0.506 e. The number of anilines is 1. The van der Waals surface area contributed by atoms with Gasteiger partial charge < -0.3 is 10.8 Å². The SMILES string of the molecule is Cc1cn(N=Cc2cc([N+](=O)[O-])cc(Br)c2O)c(N)n1. The highest BCUT2D eigenvalue weighted by Crippen LogP contribution is 2.31. The third kappa shape index (κ3) is 2.77. The van der Waals surface area contributed by atoms with Gasteiger partial charge >= 0.3 is 0 Å². The fourth-order valence-corrected chi connectivity index (χ4v) is 1.99. The highest BCUT2D eigenvalue weighted by Gasteiger charge is 2.13. The lowest BCUT2D eigenvalue weighted by molar-refractivity contribution is -0.385. The normalized spacial score (nSPS) is 11.1. The number of phenols is 1. The number of phenolic OH excluding ortho intramolecular Hbond substituents is 1. The third-order valence-electron chi connectivity index (χ3n) is 2.44. The van der Waals surface area contributed by atoms with Crippen LogP contribution in [0.4, 0.5) is 11.6 Å². The summed E-state index contributed by atoms with van der Waals surface area (Å²) in [5, 5.41) is 24.6. The van der Waals surface area contributed by atoms with Gasteiger partial charge in [0.25, 0.3) is 5.69 Å². The molecule has 1 aromatic carbocycles. The van der Waals surface area contributed by atoms with E-state index in [1.54, 1.807) is 13.1 Å². The number of rotatable bonds is 3. The number of nitrogen functional groups attached to an aromatic ring is 1. The van der Waals surface area contributed by atoms with E-state index in [9.17, 15) is 15.2 Å². The summed E-state index contributed by atoms with van der Waals surface area (Å²) in [5.74, 6) is 0.0393. The van der Waals surface area contributed by atoms with Gasteiger partial charge in [0.05, 0.1) is 27.5 Å². The van der Waals surface area contributed by atoms with E-state index in [-0.39, 0.29) is 27.4 Å². The molecule has 0 aliphatic rings. The molecule has 0 aliphatic carbocycles. The molecule has 0 fully saturated rings. The molecule has 0 saturated carbocycles. The van der Waals surface area contributed by atoms with E-state index >= 15 is 0 Å². The van der Waals surface area contributed by atoms with Crippen molar-refractivity contribution in [1.29, 1.82) is 0 Å². The molecule has 104 valence electrons. The Balaban J connectivity index is 2.42. The number of aromatic nitrogens is 2. The van der Waals surface area contributed by atoms with Crippen LogP contribution in [0.2, 0.25) is 0 Å². The summed E-state index contributed by atoms with van der Waals surface area (Å²) < 4.78 is 1.52. The van der Waals surface area contributed by atoms with Crippen LogP contribution in [0, 0.1) is 17.0 Å². The Kier molecular flexibility index (Phi) is 3.70. The average Bonchev–Trinajstić information content (AvgIpc) is 2.69. The van der Waals surface area contributed by atoms with Crippen LogP contribution in [0.1, 0.15) is 11.3 Å². The van der Waals surface area contributed by atoms with E-state index in [0.29, 0.717) is 5.69 Å². The maximum absolute atomic E-state index is 10.8. The maximum Gasteiger partial charge on any atom is 0.271 e. The van der Waals surface area contributed by atoms with Crippen LogP contribution in [0.3, 0.4) is 0 Å². The smallest absolute Gasteiger partial charge is 0.271 e. The zero-order chi connectivity index (χ0) is 14.9. The number of non-ortho nitro benzene ring substituents is 1. The van der Waals surface area contributed by atoms with Crippen LogP contribution in [0.25, 0.3) is 0 Å². The summed E-state index contributed by atoms with van der Waals surface area (Å²) in [6.07, 6.45) is 2.86. The van der Waals surface area contributed by atoms with Gasteiger partial charge in [0.2, 0.25) is 5.95 Å². The largest absolute Gasteiger partial charge is 0.506 e. The number of nitro groups is 1. The Hall–Kier alpha value is -2.42. The molecule has 2 aromatic rings. The first kappa shape index (κ1) is 14.0. The molecule has 0 bridgehead atoms. The first-order valence-electron chi connectivity index (χ1n) is 5.41. The molecule has 0 amide bonds. The Labute approximate surface area is 121 Å². The van der Waals surface area contributed by atoms with Crippen molar-refractivity contribution in [3.8, 4) is 5.75 Å². The Bertz CT molecular complexity index is 710. The second-order valence-electron chi connectivity index (χ2n) is 3.95. The van der Waals surface area contributed by atoms with E-state index in [1.165, 1.54) is 23.0 Å². The van der Waals surface area contributed by atoms with Crippen molar-refractivity contribution in [2.24, 2.45) is 5.10 Å². The highest BCUT2D eigenvalue weighted by atomic mass is 79.9. The molecular formula is C11H10BrN5O3. The van der Waals surface area contributed by atoms with Crippen LogP contribution >= 0.6 is 15.9 Å². The molecular weight excluding hydrogens is 330 g/mol. The minimum atomic E-state index is -0.558. The van der Waals surface area contributed by atoms with Gasteiger partial charge in [-0.1, -0.05) is 0 Å². The van der Waals surface area contributed by atoms with Crippen molar-refractivity contribution in [3.05, 3.63) is 44.2 Å². The first-order valence-corrected chi connectivity index (χ1v) is 6.20. The van der Waals surface area contributed by atoms with Gasteiger partial charge in [0, 0.05) is 17.7 Å². The van der Waals surface area contributed by atoms with Gasteiger partial charge in [-0.2, -0.15) is 5.10 Å². The zero-order valence-electron chi connectivity index (χ0n) is 10.3. The summed E-state index contributed by atoms with van der Waals surface area (Å²) >= 11 is 3.05. The van der Waals surface area contributed by atoms with Crippen LogP contribution < -0.4 is 5.73 Å². The van der Waals surface area contributed by atoms with Crippen LogP contribution in [0.5, 0.6) is 5.75 Å². The van der Waals surface area contributed by atoms with Gasteiger partial charge in [-0.3, -0.25) is 10.1 Å². The molecule has 2 rings (SSSR count). The number of halogens is 1. The fraction of sp³-hybridized carbons (Fsp3) is 0.0909. The molecule has 0 spiro atoms. The first-order chi connectivity index (χ1) is 9.38. The van der Waals surface area contributed by atoms with Gasteiger partial charge in [0.15, 0.2) is 0 Å². The number of nitro benzene ring substituents is 1. The average molecular weight is 340 g/mol. The third-order valence-corrected chi connectivity index (χ3v) is 3.05. The second kappa shape index (κ2) is 5.29. The lowest BCUT2D eigenvalue weighted by atomic mass is 10.2. The van der Waals surface area contributed by atoms with Crippen molar-refractivity contribution in [1.82, 2.24) is 9.66 Å². The van der Waals surface area contributed by atoms with E-state index in [2.05, 4.69) is 26.0 Å². The van der Waals surface area contributed by atoms with Gasteiger partial charge in [-0.25, -0.2) is 9.66 Å². The predicted molar refractivity (Wildman–Crippen MR) is 76.8 cm³/mol. The van der Waals surface area contributed by atoms with E-state index in [4.69, 9.17) is 5.73 Å². The predicted octanol–water partition coefficient (Wildman–Crippen LogP) is 2.03. The lowest BCUT2D eigenvalue weighted by Crippen LogP contribution is -1.98. The molecule has 0 atom stereocenters. The van der Waals surface area contributed by atoms with Crippen molar-refractivity contribution in [3.63, 3.8) is 0 Å². The van der Waals surface area contributed by atoms with Gasteiger partial charge in [-0.05, 0) is 22.9 Å². The van der Waals surface area contributed by atoms with E-state index < -0.39 is 4.92 Å². The Morgan fingerprint density at radius 2 is 2.30 bits per heavy atom. The van der Waals surface area contributed by atoms with Crippen molar-refractivity contribution >= 4 is 33.8 Å². The molecule has 1 heterocycles. The molecule has 20 heavy (non-hydrogen) atoms. The van der Waals surface area contributed by atoms with Crippen LogP contribution in [-0.4, -0.2) is 25.9 Å². The molecule has 9 heteroatoms. The summed E-state index contributed by atoms with van der Waals surface area (Å²) in [5.41, 5.74) is 6.32. The summed E-state index contributed by atoms with van der Waals surface area (Å²) in [6, 6.07) is 2.42. The monoisotopic (exact) mass is 339 g/mol. The summed E-state index contributed by atoms with van der Waals surface area (Å²) in [7, 11) is 0. The number of hydrogen-bond acceptors (Lipinski definition) is 6. The van der Waals surface area contributed by atoms with Gasteiger partial charge in [-0.15, -0.1) is 0 Å². The molecule has 0 aliphatic heterocycles. The number of aryl methyl sites for hydroxylation is 1. The minimum absolute atomic E-state index is 0.144. The molecule has 8 nitrogen and oxygen atoms in total. The number of nitrogens with two attached hydrogens (primary N) is 1. The summed E-state index contributed by atoms with van der Waals surface area (Å²) in [6.45, 7) is 1.75. The van der Waals surface area contributed by atoms with Crippen LogP contribution in [-0.2, 0) is 0 Å². The van der Waals surface area contributed by atoms with Crippen molar-refractivity contribution in [2.75, 3.05) is 5.73 Å². The molecule has 0 unspecified atom stereocenters.